The van der Waals surface area contributed by atoms with Gasteiger partial charge in [-0.05, 0) is 48.9 Å². The highest BCUT2D eigenvalue weighted by atomic mass is 35.5. The lowest BCUT2D eigenvalue weighted by Crippen LogP contribution is -1.98. The fourth-order valence-corrected chi connectivity index (χ4v) is 1.87. The second-order valence-electron chi connectivity index (χ2n) is 4.00. The Morgan fingerprint density at radius 3 is 2.61 bits per heavy atom. The molecule has 0 aliphatic heterocycles. The number of hydrogen-bond acceptors (Lipinski definition) is 3. The minimum absolute atomic E-state index is 0.568. The Labute approximate surface area is 111 Å². The lowest BCUT2D eigenvalue weighted by Gasteiger charge is -2.12. The first-order valence-corrected chi connectivity index (χ1v) is 5.81. The highest BCUT2D eigenvalue weighted by Crippen LogP contribution is 2.27. The van der Waals surface area contributed by atoms with Crippen LogP contribution < -0.4 is 11.1 Å². The van der Waals surface area contributed by atoms with Crippen LogP contribution in [-0.2, 0) is 0 Å². The van der Waals surface area contributed by atoms with Crippen molar-refractivity contribution in [1.29, 1.82) is 5.26 Å². The van der Waals surface area contributed by atoms with Crippen LogP contribution in [0, 0.1) is 18.3 Å². The molecule has 0 unspecified atom stereocenters. The highest BCUT2D eigenvalue weighted by Gasteiger charge is 2.04. The van der Waals surface area contributed by atoms with Gasteiger partial charge in [-0.1, -0.05) is 11.6 Å². The molecule has 3 N–H and O–H groups in total. The van der Waals surface area contributed by atoms with Crippen LogP contribution in [0.5, 0.6) is 0 Å². The van der Waals surface area contributed by atoms with Gasteiger partial charge in [-0.25, -0.2) is 0 Å². The quantitative estimate of drug-likeness (QED) is 0.804. The Kier molecular flexibility index (Phi) is 3.40. The molecule has 18 heavy (non-hydrogen) atoms. The normalized spacial score (nSPS) is 9.83. The number of benzene rings is 2. The third kappa shape index (κ3) is 2.55. The van der Waals surface area contributed by atoms with E-state index in [1.807, 2.05) is 19.1 Å². The van der Waals surface area contributed by atoms with Crippen molar-refractivity contribution in [3.63, 3.8) is 0 Å². The van der Waals surface area contributed by atoms with Crippen molar-refractivity contribution < 1.29 is 0 Å². The zero-order valence-corrected chi connectivity index (χ0v) is 10.6. The molecule has 0 atom stereocenters. The average molecular weight is 258 g/mol. The second kappa shape index (κ2) is 4.99. The second-order valence-corrected chi connectivity index (χ2v) is 4.43. The summed E-state index contributed by atoms with van der Waals surface area (Å²) in [6.07, 6.45) is 0. The highest BCUT2D eigenvalue weighted by molar-refractivity contribution is 6.30. The van der Waals surface area contributed by atoms with Crippen molar-refractivity contribution in [3.05, 3.63) is 52.5 Å². The summed E-state index contributed by atoms with van der Waals surface area (Å²) in [5.74, 6) is 0. The Morgan fingerprint density at radius 1 is 1.17 bits per heavy atom. The maximum Gasteiger partial charge on any atom is 0.0992 e. The number of rotatable bonds is 2. The molecular formula is C14H12ClN3. The number of aryl methyl sites for hydroxylation is 1. The summed E-state index contributed by atoms with van der Waals surface area (Å²) in [4.78, 5) is 0. The van der Waals surface area contributed by atoms with Crippen LogP contribution in [0.1, 0.15) is 11.1 Å². The molecular weight excluding hydrogens is 246 g/mol. The van der Waals surface area contributed by atoms with E-state index in [2.05, 4.69) is 11.4 Å². The summed E-state index contributed by atoms with van der Waals surface area (Å²) in [5, 5.41) is 12.8. The Balaban J connectivity index is 2.37. The fourth-order valence-electron chi connectivity index (χ4n) is 1.65. The molecule has 0 radical (unpaired) electrons. The van der Waals surface area contributed by atoms with Gasteiger partial charge in [0.2, 0.25) is 0 Å². The first kappa shape index (κ1) is 12.3. The van der Waals surface area contributed by atoms with Crippen LogP contribution in [-0.4, -0.2) is 0 Å². The number of hydrogen-bond donors (Lipinski definition) is 2. The number of anilines is 3. The molecule has 2 rings (SSSR count). The number of nitrogens with one attached hydrogen (secondary N) is 1. The molecule has 0 aliphatic rings. The number of halogens is 1. The predicted molar refractivity (Wildman–Crippen MR) is 75.0 cm³/mol. The Morgan fingerprint density at radius 2 is 1.94 bits per heavy atom. The van der Waals surface area contributed by atoms with Crippen molar-refractivity contribution >= 4 is 28.7 Å². The zero-order valence-electron chi connectivity index (χ0n) is 9.87. The summed E-state index contributed by atoms with van der Waals surface area (Å²) in [5.41, 5.74) is 9.70. The maximum absolute atomic E-state index is 8.87. The predicted octanol–water partition coefficient (Wildman–Crippen LogP) is 3.85. The zero-order chi connectivity index (χ0) is 13.1. The van der Waals surface area contributed by atoms with Crippen molar-refractivity contribution in [2.24, 2.45) is 0 Å². The number of nitrogen functional groups attached to an aromatic ring is 1. The van der Waals surface area contributed by atoms with Crippen molar-refractivity contribution in [3.8, 4) is 6.07 Å². The lowest BCUT2D eigenvalue weighted by molar-refractivity contribution is 1.42. The number of nitrogens with two attached hydrogens (primary N) is 1. The molecule has 2 aromatic carbocycles. The van der Waals surface area contributed by atoms with Crippen molar-refractivity contribution in [1.82, 2.24) is 0 Å². The summed E-state index contributed by atoms with van der Waals surface area (Å²) in [6, 6.07) is 12.8. The van der Waals surface area contributed by atoms with Gasteiger partial charge in [0.25, 0.3) is 0 Å². The molecule has 0 aliphatic carbocycles. The van der Waals surface area contributed by atoms with Gasteiger partial charge < -0.3 is 11.1 Å². The molecule has 4 heteroatoms. The summed E-state index contributed by atoms with van der Waals surface area (Å²) in [6.45, 7) is 1.96. The molecule has 0 saturated carbocycles. The van der Waals surface area contributed by atoms with Gasteiger partial charge >= 0.3 is 0 Å². The standard InChI is InChI=1S/C14H12ClN3/c1-9-6-11(15)3-5-13(9)18-14-7-10(8-16)2-4-12(14)17/h2-7,18H,17H2,1H3. The van der Waals surface area contributed by atoms with Crippen molar-refractivity contribution in [2.45, 2.75) is 6.92 Å². The third-order valence-corrected chi connectivity index (χ3v) is 2.88. The monoisotopic (exact) mass is 257 g/mol. The first-order valence-electron chi connectivity index (χ1n) is 5.43. The molecule has 2 aromatic rings. The van der Waals surface area contributed by atoms with Crippen LogP contribution in [0.2, 0.25) is 5.02 Å². The van der Waals surface area contributed by atoms with Gasteiger partial charge in [0.15, 0.2) is 0 Å². The van der Waals surface area contributed by atoms with E-state index in [0.29, 0.717) is 16.3 Å². The molecule has 0 amide bonds. The van der Waals surface area contributed by atoms with Gasteiger partial charge in [0, 0.05) is 10.7 Å². The first-order chi connectivity index (χ1) is 8.60. The molecule has 0 spiro atoms. The molecule has 0 aromatic heterocycles. The van der Waals surface area contributed by atoms with Gasteiger partial charge in [-0.2, -0.15) is 5.26 Å². The summed E-state index contributed by atoms with van der Waals surface area (Å²) < 4.78 is 0. The fraction of sp³-hybridized carbons (Fsp3) is 0.0714. The molecule has 0 saturated heterocycles. The molecule has 3 nitrogen and oxygen atoms in total. The van der Waals surface area contributed by atoms with Gasteiger partial charge in [0.1, 0.15) is 0 Å². The average Bonchev–Trinajstić information content (AvgIpc) is 2.35. The van der Waals surface area contributed by atoms with E-state index in [0.717, 1.165) is 16.9 Å². The largest absolute Gasteiger partial charge is 0.397 e. The molecule has 0 fully saturated rings. The smallest absolute Gasteiger partial charge is 0.0992 e. The third-order valence-electron chi connectivity index (χ3n) is 2.64. The van der Waals surface area contributed by atoms with E-state index in [1.54, 1.807) is 24.3 Å². The van der Waals surface area contributed by atoms with Gasteiger partial charge in [0.05, 0.1) is 23.0 Å². The van der Waals surface area contributed by atoms with E-state index in [-0.39, 0.29) is 0 Å². The van der Waals surface area contributed by atoms with Gasteiger partial charge in [-0.15, -0.1) is 0 Å². The summed E-state index contributed by atoms with van der Waals surface area (Å²) >= 11 is 5.90. The molecule has 0 bridgehead atoms. The minimum Gasteiger partial charge on any atom is -0.397 e. The van der Waals surface area contributed by atoms with Crippen LogP contribution in [0.15, 0.2) is 36.4 Å². The van der Waals surface area contributed by atoms with E-state index in [9.17, 15) is 0 Å². The van der Waals surface area contributed by atoms with Crippen LogP contribution in [0.4, 0.5) is 17.1 Å². The topological polar surface area (TPSA) is 61.8 Å². The van der Waals surface area contributed by atoms with E-state index in [1.165, 1.54) is 0 Å². The van der Waals surface area contributed by atoms with E-state index < -0.39 is 0 Å². The van der Waals surface area contributed by atoms with Crippen LogP contribution in [0.25, 0.3) is 0 Å². The number of nitrogens with zero attached hydrogens (tertiary/aromatic N) is 1. The lowest BCUT2D eigenvalue weighted by atomic mass is 10.1. The number of nitriles is 1. The van der Waals surface area contributed by atoms with E-state index in [4.69, 9.17) is 22.6 Å². The van der Waals surface area contributed by atoms with Crippen LogP contribution in [0.3, 0.4) is 0 Å². The van der Waals surface area contributed by atoms with Crippen LogP contribution >= 0.6 is 11.6 Å². The minimum atomic E-state index is 0.568. The van der Waals surface area contributed by atoms with E-state index >= 15 is 0 Å². The molecule has 0 heterocycles. The van der Waals surface area contributed by atoms with Crippen molar-refractivity contribution in [2.75, 3.05) is 11.1 Å². The SMILES string of the molecule is Cc1cc(Cl)ccc1Nc1cc(C#N)ccc1N. The Hall–Kier alpha value is -2.18. The molecule has 90 valence electrons. The van der Waals surface area contributed by atoms with Gasteiger partial charge in [-0.3, -0.25) is 0 Å². The maximum atomic E-state index is 8.87. The summed E-state index contributed by atoms with van der Waals surface area (Å²) in [7, 11) is 0. The Bertz CT molecular complexity index is 629.